The summed E-state index contributed by atoms with van der Waals surface area (Å²) in [5, 5.41) is 11.0. The molecule has 168 valence electrons. The zero-order chi connectivity index (χ0) is 22.5. The second-order valence-corrected chi connectivity index (χ2v) is 7.80. The lowest BCUT2D eigenvalue weighted by atomic mass is 10.1. The first-order valence-electron chi connectivity index (χ1n) is 10.5. The Bertz CT molecular complexity index is 1130. The molecule has 2 aromatic carbocycles. The van der Waals surface area contributed by atoms with Crippen molar-refractivity contribution in [1.29, 1.82) is 0 Å². The van der Waals surface area contributed by atoms with E-state index in [1.54, 1.807) is 6.92 Å². The number of nitrogens with one attached hydrogen (secondary N) is 1. The molecule has 4 rings (SSSR count). The first-order chi connectivity index (χ1) is 15.5. The highest BCUT2D eigenvalue weighted by Crippen LogP contribution is 2.31. The predicted octanol–water partition coefficient (Wildman–Crippen LogP) is 1.91. The third kappa shape index (κ3) is 5.05. The van der Waals surface area contributed by atoms with E-state index < -0.39 is 35.8 Å². The summed E-state index contributed by atoms with van der Waals surface area (Å²) >= 11 is 0. The van der Waals surface area contributed by atoms with Crippen LogP contribution in [0, 0.1) is 6.92 Å². The minimum Gasteiger partial charge on any atom is -0.386 e. The highest BCUT2D eigenvalue weighted by Gasteiger charge is 2.46. The Hall–Kier alpha value is -3.04. The Kier molecular flexibility index (Phi) is 6.96. The molecule has 32 heavy (non-hydrogen) atoms. The zero-order valence-corrected chi connectivity index (χ0v) is 17.7. The van der Waals surface area contributed by atoms with Crippen molar-refractivity contribution in [2.75, 3.05) is 6.61 Å². The molecule has 1 aromatic heterocycles. The molecule has 1 aliphatic rings. The van der Waals surface area contributed by atoms with Crippen LogP contribution in [-0.4, -0.2) is 39.6 Å². The summed E-state index contributed by atoms with van der Waals surface area (Å²) < 4.78 is 19.1. The van der Waals surface area contributed by atoms with Crippen LogP contribution in [0.15, 0.2) is 76.4 Å². The van der Waals surface area contributed by atoms with Crippen LogP contribution in [0.4, 0.5) is 0 Å². The smallest absolute Gasteiger partial charge is 0.330 e. The molecular weight excluding hydrogens is 412 g/mol. The molecule has 1 saturated heterocycles. The largest absolute Gasteiger partial charge is 0.386 e. The van der Waals surface area contributed by atoms with Gasteiger partial charge in [0.1, 0.15) is 18.3 Å². The Morgan fingerprint density at radius 1 is 1.00 bits per heavy atom. The van der Waals surface area contributed by atoms with Gasteiger partial charge in [-0.2, -0.15) is 0 Å². The van der Waals surface area contributed by atoms with E-state index in [2.05, 4.69) is 4.98 Å². The van der Waals surface area contributed by atoms with Crippen LogP contribution < -0.4 is 11.2 Å². The Labute approximate surface area is 185 Å². The maximum absolute atomic E-state index is 12.4. The average Bonchev–Trinajstić information content (AvgIpc) is 3.11. The number of aromatic nitrogens is 2. The molecule has 0 aliphatic carbocycles. The van der Waals surface area contributed by atoms with Gasteiger partial charge >= 0.3 is 5.69 Å². The van der Waals surface area contributed by atoms with Gasteiger partial charge in [0.25, 0.3) is 5.56 Å². The van der Waals surface area contributed by atoms with Gasteiger partial charge in [-0.1, -0.05) is 60.7 Å². The Morgan fingerprint density at radius 3 is 2.28 bits per heavy atom. The fourth-order valence-corrected chi connectivity index (χ4v) is 3.70. The van der Waals surface area contributed by atoms with E-state index in [0.717, 1.165) is 11.1 Å². The summed E-state index contributed by atoms with van der Waals surface area (Å²) in [4.78, 5) is 26.3. The molecular formula is C24H26N2O6. The highest BCUT2D eigenvalue weighted by atomic mass is 16.6. The second-order valence-electron chi connectivity index (χ2n) is 7.80. The summed E-state index contributed by atoms with van der Waals surface area (Å²) in [6.07, 6.45) is -2.09. The molecule has 2 heterocycles. The van der Waals surface area contributed by atoms with E-state index in [4.69, 9.17) is 14.2 Å². The Morgan fingerprint density at radius 2 is 1.62 bits per heavy atom. The van der Waals surface area contributed by atoms with Crippen molar-refractivity contribution in [3.8, 4) is 0 Å². The van der Waals surface area contributed by atoms with Crippen LogP contribution in [0.25, 0.3) is 0 Å². The minimum atomic E-state index is -1.13. The summed E-state index contributed by atoms with van der Waals surface area (Å²) in [6.45, 7) is 2.40. The van der Waals surface area contributed by atoms with Gasteiger partial charge in [0.2, 0.25) is 0 Å². The maximum Gasteiger partial charge on any atom is 0.330 e. The van der Waals surface area contributed by atoms with Crippen LogP contribution in [-0.2, 0) is 27.4 Å². The summed E-state index contributed by atoms with van der Waals surface area (Å²) in [5.41, 5.74) is 1.17. The summed E-state index contributed by atoms with van der Waals surface area (Å²) in [5.74, 6) is 0. The van der Waals surface area contributed by atoms with Crippen molar-refractivity contribution >= 4 is 0 Å². The van der Waals surface area contributed by atoms with Gasteiger partial charge in [-0.05, 0) is 18.1 Å². The third-order valence-corrected chi connectivity index (χ3v) is 5.41. The van der Waals surface area contributed by atoms with Crippen LogP contribution in [0.3, 0.4) is 0 Å². The molecule has 8 nitrogen and oxygen atoms in total. The zero-order valence-electron chi connectivity index (χ0n) is 17.7. The van der Waals surface area contributed by atoms with Crippen molar-refractivity contribution in [1.82, 2.24) is 9.55 Å². The number of aliphatic hydroxyl groups excluding tert-OH is 1. The second kappa shape index (κ2) is 10.1. The number of aryl methyl sites for hydroxylation is 1. The number of benzene rings is 2. The SMILES string of the molecule is Cc1cn([C@@H]2O[C@H](COCc3ccccc3)[C@@H](OCc3ccccc3)[C@H]2O)c(=O)[nH]c1=O. The van der Waals surface area contributed by atoms with E-state index in [9.17, 15) is 14.7 Å². The van der Waals surface area contributed by atoms with E-state index in [1.165, 1.54) is 10.8 Å². The Balaban J connectivity index is 1.51. The minimum absolute atomic E-state index is 0.166. The number of nitrogens with zero attached hydrogens (tertiary/aromatic N) is 1. The van der Waals surface area contributed by atoms with Crippen LogP contribution in [0.2, 0.25) is 0 Å². The first kappa shape index (κ1) is 22.2. The highest BCUT2D eigenvalue weighted by molar-refractivity contribution is 5.14. The molecule has 0 saturated carbocycles. The van der Waals surface area contributed by atoms with Crippen LogP contribution in [0.5, 0.6) is 0 Å². The normalized spacial score (nSPS) is 22.8. The number of hydrogen-bond acceptors (Lipinski definition) is 6. The number of ether oxygens (including phenoxy) is 3. The van der Waals surface area contributed by atoms with Gasteiger partial charge < -0.3 is 19.3 Å². The molecule has 0 spiro atoms. The lowest BCUT2D eigenvalue weighted by Crippen LogP contribution is -2.39. The van der Waals surface area contributed by atoms with Gasteiger partial charge in [-0.25, -0.2) is 4.79 Å². The fraction of sp³-hybridized carbons (Fsp3) is 0.333. The number of hydrogen-bond donors (Lipinski definition) is 2. The molecule has 2 N–H and O–H groups in total. The van der Waals surface area contributed by atoms with Gasteiger partial charge in [-0.15, -0.1) is 0 Å². The molecule has 3 aromatic rings. The number of aliphatic hydroxyl groups is 1. The maximum atomic E-state index is 12.4. The quantitative estimate of drug-likeness (QED) is 0.557. The van der Waals surface area contributed by atoms with Crippen molar-refractivity contribution in [2.24, 2.45) is 0 Å². The van der Waals surface area contributed by atoms with Crippen molar-refractivity contribution in [3.63, 3.8) is 0 Å². The molecule has 0 bridgehead atoms. The van der Waals surface area contributed by atoms with Crippen molar-refractivity contribution < 1.29 is 19.3 Å². The average molecular weight is 438 g/mol. The number of rotatable bonds is 8. The van der Waals surface area contributed by atoms with Gasteiger partial charge in [0, 0.05) is 11.8 Å². The van der Waals surface area contributed by atoms with Gasteiger partial charge in [0.15, 0.2) is 6.23 Å². The molecule has 0 radical (unpaired) electrons. The molecule has 1 fully saturated rings. The van der Waals surface area contributed by atoms with E-state index in [1.807, 2.05) is 60.7 Å². The molecule has 8 heteroatoms. The molecule has 0 unspecified atom stereocenters. The van der Waals surface area contributed by atoms with Gasteiger partial charge in [-0.3, -0.25) is 14.3 Å². The third-order valence-electron chi connectivity index (χ3n) is 5.41. The lowest BCUT2D eigenvalue weighted by molar-refractivity contribution is -0.0833. The molecule has 1 aliphatic heterocycles. The van der Waals surface area contributed by atoms with E-state index >= 15 is 0 Å². The topological polar surface area (TPSA) is 103 Å². The van der Waals surface area contributed by atoms with Crippen molar-refractivity contribution in [2.45, 2.75) is 44.7 Å². The van der Waals surface area contributed by atoms with Gasteiger partial charge in [0.05, 0.1) is 19.8 Å². The standard InChI is InChI=1S/C24H26N2O6/c1-16-12-26(24(29)25-22(16)28)23-20(27)21(31-14-18-10-6-3-7-11-18)19(32-23)15-30-13-17-8-4-2-5-9-17/h2-12,19-21,23,27H,13-15H2,1H3,(H,25,28,29)/t19-,20-,21-,23-/m1/s1. The van der Waals surface area contributed by atoms with Crippen LogP contribution in [0.1, 0.15) is 22.9 Å². The number of H-pyrrole nitrogens is 1. The first-order valence-corrected chi connectivity index (χ1v) is 10.5. The fourth-order valence-electron chi connectivity index (χ4n) is 3.70. The number of aromatic amines is 1. The lowest BCUT2D eigenvalue weighted by Gasteiger charge is -2.21. The molecule has 0 amide bonds. The monoisotopic (exact) mass is 438 g/mol. The summed E-state index contributed by atoms with van der Waals surface area (Å²) in [6, 6.07) is 19.3. The van der Waals surface area contributed by atoms with Crippen LogP contribution >= 0.6 is 0 Å². The van der Waals surface area contributed by atoms with Crippen molar-refractivity contribution in [3.05, 3.63) is 104 Å². The van der Waals surface area contributed by atoms with E-state index in [0.29, 0.717) is 12.2 Å². The predicted molar refractivity (Wildman–Crippen MR) is 117 cm³/mol. The van der Waals surface area contributed by atoms with E-state index in [-0.39, 0.29) is 13.2 Å². The molecule has 4 atom stereocenters. The summed E-state index contributed by atoms with van der Waals surface area (Å²) in [7, 11) is 0.